The van der Waals surface area contributed by atoms with Crippen molar-refractivity contribution >= 4 is 29.9 Å². The Morgan fingerprint density at radius 1 is 1.27 bits per heavy atom. The molecule has 0 aliphatic carbocycles. The van der Waals surface area contributed by atoms with Crippen LogP contribution in [0.2, 0.25) is 0 Å². The molecule has 128 valence electrons. The van der Waals surface area contributed by atoms with Gasteiger partial charge in [0, 0.05) is 40.1 Å². The van der Waals surface area contributed by atoms with Gasteiger partial charge in [0.25, 0.3) is 0 Å². The molecule has 0 bridgehead atoms. The molecule has 1 rings (SSSR count). The van der Waals surface area contributed by atoms with Crippen molar-refractivity contribution in [1.82, 2.24) is 20.4 Å². The van der Waals surface area contributed by atoms with Crippen LogP contribution in [-0.2, 0) is 16.0 Å². The molecule has 1 heterocycles. The standard InChI is InChI=1S/C14H27N5O2.HI/c1-13-11-18-19(12-13)7-6-17-14(15-2)16-5-4-8-21-10-9-20-3;/h11-12H,4-10H2,1-3H3,(H2,15,16,17);1H. The number of aliphatic imine (C=N–C) groups is 1. The molecule has 1 aromatic rings. The zero-order valence-electron chi connectivity index (χ0n) is 13.7. The lowest BCUT2D eigenvalue weighted by molar-refractivity contribution is 0.0698. The van der Waals surface area contributed by atoms with Gasteiger partial charge in [-0.1, -0.05) is 0 Å². The van der Waals surface area contributed by atoms with E-state index in [0.29, 0.717) is 13.2 Å². The summed E-state index contributed by atoms with van der Waals surface area (Å²) in [4.78, 5) is 4.18. The number of aryl methyl sites for hydroxylation is 1. The maximum Gasteiger partial charge on any atom is 0.191 e. The number of hydrogen-bond acceptors (Lipinski definition) is 4. The van der Waals surface area contributed by atoms with Gasteiger partial charge >= 0.3 is 0 Å². The van der Waals surface area contributed by atoms with Crippen molar-refractivity contribution in [2.75, 3.05) is 47.1 Å². The van der Waals surface area contributed by atoms with Crippen LogP contribution < -0.4 is 10.6 Å². The molecule has 0 unspecified atom stereocenters. The molecule has 0 aliphatic heterocycles. The minimum atomic E-state index is 0. The first-order valence-corrected chi connectivity index (χ1v) is 7.26. The summed E-state index contributed by atoms with van der Waals surface area (Å²) in [7, 11) is 3.44. The fraction of sp³-hybridized carbons (Fsp3) is 0.714. The number of nitrogens with zero attached hydrogens (tertiary/aromatic N) is 3. The summed E-state index contributed by atoms with van der Waals surface area (Å²) in [6.45, 7) is 6.47. The Labute approximate surface area is 149 Å². The average Bonchev–Trinajstić information content (AvgIpc) is 2.90. The van der Waals surface area contributed by atoms with Gasteiger partial charge in [-0.05, 0) is 18.9 Å². The fourth-order valence-electron chi connectivity index (χ4n) is 1.72. The molecule has 0 fully saturated rings. The second-order valence-corrected chi connectivity index (χ2v) is 4.67. The summed E-state index contributed by atoms with van der Waals surface area (Å²) < 4.78 is 12.2. The Morgan fingerprint density at radius 3 is 2.68 bits per heavy atom. The molecule has 0 aliphatic rings. The normalized spacial score (nSPS) is 11.1. The topological polar surface area (TPSA) is 72.7 Å². The van der Waals surface area contributed by atoms with E-state index in [1.807, 2.05) is 24.0 Å². The zero-order valence-corrected chi connectivity index (χ0v) is 16.0. The summed E-state index contributed by atoms with van der Waals surface area (Å²) in [5.74, 6) is 0.802. The maximum atomic E-state index is 5.39. The van der Waals surface area contributed by atoms with E-state index in [-0.39, 0.29) is 24.0 Å². The third kappa shape index (κ3) is 9.96. The summed E-state index contributed by atoms with van der Waals surface area (Å²) in [5, 5.41) is 10.7. The van der Waals surface area contributed by atoms with E-state index in [1.54, 1.807) is 14.2 Å². The number of rotatable bonds is 10. The molecule has 0 radical (unpaired) electrons. The van der Waals surface area contributed by atoms with E-state index in [1.165, 1.54) is 5.56 Å². The Balaban J connectivity index is 0.00000441. The van der Waals surface area contributed by atoms with E-state index in [0.717, 1.165) is 38.6 Å². The smallest absolute Gasteiger partial charge is 0.191 e. The van der Waals surface area contributed by atoms with Crippen molar-refractivity contribution in [3.8, 4) is 0 Å². The Kier molecular flexibility index (Phi) is 13.2. The molecule has 0 saturated carbocycles. The van der Waals surface area contributed by atoms with Crippen LogP contribution in [-0.4, -0.2) is 62.8 Å². The molecule has 0 amide bonds. The number of halogens is 1. The highest BCUT2D eigenvalue weighted by molar-refractivity contribution is 14.0. The van der Waals surface area contributed by atoms with Crippen LogP contribution in [0.15, 0.2) is 17.4 Å². The number of ether oxygens (including phenoxy) is 2. The van der Waals surface area contributed by atoms with E-state index in [2.05, 4.69) is 20.7 Å². The molecule has 0 atom stereocenters. The molecular weight excluding hydrogens is 397 g/mol. The van der Waals surface area contributed by atoms with Crippen molar-refractivity contribution in [1.29, 1.82) is 0 Å². The van der Waals surface area contributed by atoms with Gasteiger partial charge in [-0.25, -0.2) is 0 Å². The summed E-state index contributed by atoms with van der Waals surface area (Å²) in [5.41, 5.74) is 1.17. The van der Waals surface area contributed by atoms with Crippen molar-refractivity contribution in [3.05, 3.63) is 18.0 Å². The lowest BCUT2D eigenvalue weighted by Gasteiger charge is -2.12. The first kappa shape index (κ1) is 21.1. The minimum absolute atomic E-state index is 0. The van der Waals surface area contributed by atoms with Gasteiger partial charge in [0.1, 0.15) is 0 Å². The lowest BCUT2D eigenvalue weighted by Crippen LogP contribution is -2.39. The number of nitrogens with one attached hydrogen (secondary N) is 2. The SMILES string of the molecule is CN=C(NCCCOCCOC)NCCn1cc(C)cn1.I. The van der Waals surface area contributed by atoms with Crippen LogP contribution >= 0.6 is 24.0 Å². The van der Waals surface area contributed by atoms with Gasteiger partial charge in [0.05, 0.1) is 26.0 Å². The van der Waals surface area contributed by atoms with Gasteiger partial charge in [-0.2, -0.15) is 5.10 Å². The van der Waals surface area contributed by atoms with Gasteiger partial charge in [-0.3, -0.25) is 9.67 Å². The predicted molar refractivity (Wildman–Crippen MR) is 99.1 cm³/mol. The molecule has 2 N–H and O–H groups in total. The quantitative estimate of drug-likeness (QED) is 0.254. The number of guanidine groups is 1. The molecule has 0 aromatic carbocycles. The Morgan fingerprint density at radius 2 is 2.05 bits per heavy atom. The van der Waals surface area contributed by atoms with Crippen molar-refractivity contribution in [2.45, 2.75) is 19.9 Å². The summed E-state index contributed by atoms with van der Waals surface area (Å²) >= 11 is 0. The molecule has 8 heteroatoms. The third-order valence-electron chi connectivity index (χ3n) is 2.81. The maximum absolute atomic E-state index is 5.39. The van der Waals surface area contributed by atoms with Crippen LogP contribution in [0.3, 0.4) is 0 Å². The van der Waals surface area contributed by atoms with Crippen LogP contribution in [0.5, 0.6) is 0 Å². The molecule has 7 nitrogen and oxygen atoms in total. The highest BCUT2D eigenvalue weighted by atomic mass is 127. The summed E-state index contributed by atoms with van der Waals surface area (Å²) in [6.07, 6.45) is 4.81. The third-order valence-corrected chi connectivity index (χ3v) is 2.81. The Hall–Kier alpha value is -0.870. The van der Waals surface area contributed by atoms with Crippen molar-refractivity contribution in [2.24, 2.45) is 4.99 Å². The monoisotopic (exact) mass is 425 g/mol. The van der Waals surface area contributed by atoms with Gasteiger partial charge in [0.15, 0.2) is 5.96 Å². The second kappa shape index (κ2) is 13.8. The second-order valence-electron chi connectivity index (χ2n) is 4.67. The van der Waals surface area contributed by atoms with Gasteiger partial charge < -0.3 is 20.1 Å². The van der Waals surface area contributed by atoms with E-state index < -0.39 is 0 Å². The van der Waals surface area contributed by atoms with Crippen molar-refractivity contribution in [3.63, 3.8) is 0 Å². The molecule has 0 spiro atoms. The van der Waals surface area contributed by atoms with E-state index in [4.69, 9.17) is 9.47 Å². The summed E-state index contributed by atoms with van der Waals surface area (Å²) in [6, 6.07) is 0. The molecule has 22 heavy (non-hydrogen) atoms. The van der Waals surface area contributed by atoms with E-state index in [9.17, 15) is 0 Å². The van der Waals surface area contributed by atoms with Crippen molar-refractivity contribution < 1.29 is 9.47 Å². The fourth-order valence-corrected chi connectivity index (χ4v) is 1.72. The first-order chi connectivity index (χ1) is 10.3. The molecule has 1 aromatic heterocycles. The predicted octanol–water partition coefficient (Wildman–Crippen LogP) is 1.03. The largest absolute Gasteiger partial charge is 0.382 e. The highest BCUT2D eigenvalue weighted by Gasteiger charge is 1.98. The van der Waals surface area contributed by atoms with Crippen LogP contribution in [0.1, 0.15) is 12.0 Å². The Bertz CT molecular complexity index is 412. The lowest BCUT2D eigenvalue weighted by atomic mass is 10.4. The van der Waals surface area contributed by atoms with Gasteiger partial charge in [-0.15, -0.1) is 24.0 Å². The number of hydrogen-bond donors (Lipinski definition) is 2. The molecule has 0 saturated heterocycles. The molecular formula is C14H28IN5O2. The number of methoxy groups -OCH3 is 1. The number of aromatic nitrogens is 2. The average molecular weight is 425 g/mol. The minimum Gasteiger partial charge on any atom is -0.382 e. The van der Waals surface area contributed by atoms with Gasteiger partial charge in [0.2, 0.25) is 0 Å². The van der Waals surface area contributed by atoms with Crippen LogP contribution in [0.4, 0.5) is 0 Å². The van der Waals surface area contributed by atoms with Crippen LogP contribution in [0, 0.1) is 6.92 Å². The zero-order chi connectivity index (χ0) is 15.3. The highest BCUT2D eigenvalue weighted by Crippen LogP contribution is 1.92. The van der Waals surface area contributed by atoms with E-state index >= 15 is 0 Å². The first-order valence-electron chi connectivity index (χ1n) is 7.26. The van der Waals surface area contributed by atoms with Crippen LogP contribution in [0.25, 0.3) is 0 Å².